The molecule has 1 aromatic heterocycles. The van der Waals surface area contributed by atoms with Gasteiger partial charge >= 0.3 is 36.3 Å². The second kappa shape index (κ2) is 16.9. The number of hydrogen-bond acceptors (Lipinski definition) is 9. The quantitative estimate of drug-likeness (QED) is 0.222. The molecule has 3 fully saturated rings. The third-order valence-corrected chi connectivity index (χ3v) is 9.10. The predicted molar refractivity (Wildman–Crippen MR) is 177 cm³/mol. The van der Waals surface area contributed by atoms with E-state index in [-0.39, 0.29) is 23.9 Å². The molecule has 6 rings (SSSR count). The molecular formula is C33H35F7N6O9. The summed E-state index contributed by atoms with van der Waals surface area (Å²) < 4.78 is 80.0. The number of rotatable bonds is 6. The lowest BCUT2D eigenvalue weighted by Gasteiger charge is -2.43. The Morgan fingerprint density at radius 3 is 1.95 bits per heavy atom. The standard InChI is InChI=1S/C29H33FN6O5.2C2HF3O2/c30-22-16-19(27(38)39)4-5-25(22)34-14-9-29(41,10-15-34)18-33-11-6-20(7-12-33)36-24-3-1-2-23(21(24)17-31-36)35-13-8-26(37)32-28(35)40;2*3-2(4,5)1(6)7/h1-5,16-17,20,41H,6-15,18H2,(H,38,39)(H,32,37,40);2*(H,6,7). The van der Waals surface area contributed by atoms with Crippen LogP contribution in [-0.4, -0.2) is 122 Å². The number of β-amino-alcohol motifs (C(OH)–C–C–N with tert-alkyl or cyclic N) is 1. The number of aliphatic hydroxyl groups is 1. The van der Waals surface area contributed by atoms with Gasteiger partial charge in [0.2, 0.25) is 5.91 Å². The molecule has 0 radical (unpaired) electrons. The first-order valence-electron chi connectivity index (χ1n) is 16.5. The minimum absolute atomic E-state index is 0.0844. The summed E-state index contributed by atoms with van der Waals surface area (Å²) in [6, 6.07) is 9.49. The van der Waals surface area contributed by atoms with Crippen LogP contribution in [0, 0.1) is 5.82 Å². The molecular weight excluding hydrogens is 757 g/mol. The molecule has 0 atom stereocenters. The van der Waals surface area contributed by atoms with Crippen molar-refractivity contribution in [2.75, 3.05) is 49.1 Å². The Morgan fingerprint density at radius 2 is 1.44 bits per heavy atom. The molecule has 0 bridgehead atoms. The first-order chi connectivity index (χ1) is 25.6. The van der Waals surface area contributed by atoms with Gasteiger partial charge in [0, 0.05) is 51.1 Å². The number of carboxylic acids is 3. The lowest BCUT2D eigenvalue weighted by Crippen LogP contribution is -2.52. The lowest BCUT2D eigenvalue weighted by molar-refractivity contribution is -0.193. The van der Waals surface area contributed by atoms with E-state index in [1.165, 1.54) is 12.1 Å². The smallest absolute Gasteiger partial charge is 0.478 e. The van der Waals surface area contributed by atoms with Crippen molar-refractivity contribution in [1.29, 1.82) is 0 Å². The number of urea groups is 1. The van der Waals surface area contributed by atoms with E-state index in [4.69, 9.17) is 24.9 Å². The number of hydrogen-bond donors (Lipinski definition) is 5. The van der Waals surface area contributed by atoms with Crippen molar-refractivity contribution in [2.24, 2.45) is 0 Å². The number of likely N-dealkylation sites (tertiary alicyclic amines) is 1. The van der Waals surface area contributed by atoms with E-state index in [1.54, 1.807) is 11.1 Å². The summed E-state index contributed by atoms with van der Waals surface area (Å²) in [6.07, 6.45) is -5.40. The minimum Gasteiger partial charge on any atom is -0.478 e. The summed E-state index contributed by atoms with van der Waals surface area (Å²) in [7, 11) is 0. The average Bonchev–Trinajstić information content (AvgIpc) is 3.53. The molecule has 0 spiro atoms. The Balaban J connectivity index is 0.000000410. The predicted octanol–water partition coefficient (Wildman–Crippen LogP) is 4.25. The number of carbonyl (C=O) groups excluding carboxylic acids is 2. The van der Waals surface area contributed by atoms with Crippen molar-refractivity contribution in [1.82, 2.24) is 20.0 Å². The molecule has 3 aliphatic rings. The minimum atomic E-state index is -5.08. The van der Waals surface area contributed by atoms with E-state index < -0.39 is 47.7 Å². The van der Waals surface area contributed by atoms with Crippen LogP contribution in [0.1, 0.15) is 48.5 Å². The van der Waals surface area contributed by atoms with Crippen LogP contribution in [0.15, 0.2) is 42.6 Å². The van der Waals surface area contributed by atoms with Crippen LogP contribution in [0.2, 0.25) is 0 Å². The molecule has 300 valence electrons. The molecule has 2 aromatic carbocycles. The zero-order valence-corrected chi connectivity index (χ0v) is 28.6. The second-order valence-electron chi connectivity index (χ2n) is 12.8. The van der Waals surface area contributed by atoms with Gasteiger partial charge in [-0.3, -0.25) is 19.7 Å². The molecule has 5 N–H and O–H groups in total. The van der Waals surface area contributed by atoms with Gasteiger partial charge in [0.05, 0.1) is 40.3 Å². The summed E-state index contributed by atoms with van der Waals surface area (Å²) in [6.45, 7) is 3.46. The maximum atomic E-state index is 14.5. The number of halogens is 7. The van der Waals surface area contributed by atoms with Gasteiger partial charge in [-0.05, 0) is 56.0 Å². The third-order valence-electron chi connectivity index (χ3n) is 9.10. The Labute approximate surface area is 306 Å². The highest BCUT2D eigenvalue weighted by atomic mass is 19.4. The van der Waals surface area contributed by atoms with Gasteiger partial charge in [-0.25, -0.2) is 23.6 Å². The van der Waals surface area contributed by atoms with E-state index in [1.807, 2.05) is 27.8 Å². The van der Waals surface area contributed by atoms with E-state index in [0.29, 0.717) is 44.7 Å². The Morgan fingerprint density at radius 1 is 0.855 bits per heavy atom. The fourth-order valence-corrected chi connectivity index (χ4v) is 6.33. The fourth-order valence-electron chi connectivity index (χ4n) is 6.33. The molecule has 0 unspecified atom stereocenters. The first-order valence-corrected chi connectivity index (χ1v) is 16.5. The van der Waals surface area contributed by atoms with Crippen molar-refractivity contribution >= 4 is 52.1 Å². The summed E-state index contributed by atoms with van der Waals surface area (Å²) >= 11 is 0. The van der Waals surface area contributed by atoms with Gasteiger partial charge in [0.15, 0.2) is 0 Å². The van der Waals surface area contributed by atoms with Gasteiger partial charge in [-0.1, -0.05) is 6.07 Å². The molecule has 3 aliphatic heterocycles. The number of aromatic carboxylic acids is 1. The normalized spacial score (nSPS) is 18.1. The molecule has 0 saturated carbocycles. The monoisotopic (exact) mass is 792 g/mol. The summed E-state index contributed by atoms with van der Waals surface area (Å²) in [4.78, 5) is 58.6. The molecule has 4 heterocycles. The number of benzene rings is 2. The molecule has 3 aromatic rings. The summed E-state index contributed by atoms with van der Waals surface area (Å²) in [5, 5.41) is 42.6. The highest BCUT2D eigenvalue weighted by Gasteiger charge is 2.39. The second-order valence-corrected chi connectivity index (χ2v) is 12.8. The molecule has 22 heteroatoms. The van der Waals surface area contributed by atoms with E-state index >= 15 is 0 Å². The number of nitrogens with zero attached hydrogens (tertiary/aromatic N) is 5. The van der Waals surface area contributed by atoms with Gasteiger partial charge in [0.1, 0.15) is 5.82 Å². The number of amides is 3. The van der Waals surface area contributed by atoms with Crippen LogP contribution in [0.5, 0.6) is 0 Å². The zero-order valence-electron chi connectivity index (χ0n) is 28.6. The van der Waals surface area contributed by atoms with Crippen molar-refractivity contribution < 1.29 is 75.1 Å². The molecule has 15 nitrogen and oxygen atoms in total. The van der Waals surface area contributed by atoms with Gasteiger partial charge in [-0.15, -0.1) is 0 Å². The largest absolute Gasteiger partial charge is 0.490 e. The van der Waals surface area contributed by atoms with E-state index in [0.717, 1.165) is 48.6 Å². The molecule has 3 amide bonds. The van der Waals surface area contributed by atoms with Crippen LogP contribution in [0.25, 0.3) is 10.9 Å². The van der Waals surface area contributed by atoms with Crippen LogP contribution < -0.4 is 15.1 Å². The Kier molecular flexibility index (Phi) is 13.0. The Hall–Kier alpha value is -5.51. The molecule has 55 heavy (non-hydrogen) atoms. The summed E-state index contributed by atoms with van der Waals surface area (Å²) in [5.41, 5.74) is 1.09. The SMILES string of the molecule is O=C(O)C(F)(F)F.O=C(O)C(F)(F)F.O=C1CCN(c2cccc3c2cnn3C2CCN(CC3(O)CCN(c4ccc(C(=O)O)cc4F)CC3)CC2)C(=O)N1. The maximum Gasteiger partial charge on any atom is 0.490 e. The number of carbonyl (C=O) groups is 5. The molecule has 0 aliphatic carbocycles. The molecule has 3 saturated heterocycles. The lowest BCUT2D eigenvalue weighted by atomic mass is 9.89. The number of alkyl halides is 6. The number of aromatic nitrogens is 2. The van der Waals surface area contributed by atoms with Crippen LogP contribution in [-0.2, 0) is 14.4 Å². The van der Waals surface area contributed by atoms with Crippen LogP contribution >= 0.6 is 0 Å². The van der Waals surface area contributed by atoms with Gasteiger partial charge in [0.25, 0.3) is 0 Å². The van der Waals surface area contributed by atoms with E-state index in [9.17, 15) is 50.2 Å². The van der Waals surface area contributed by atoms with Gasteiger partial charge in [-0.2, -0.15) is 31.4 Å². The highest BCUT2D eigenvalue weighted by molar-refractivity contribution is 6.09. The zero-order chi connectivity index (χ0) is 40.9. The number of aliphatic carboxylic acids is 2. The number of piperidine rings is 2. The summed E-state index contributed by atoms with van der Waals surface area (Å²) in [5.74, 6) is -7.51. The van der Waals surface area contributed by atoms with Crippen molar-refractivity contribution in [3.8, 4) is 0 Å². The van der Waals surface area contributed by atoms with E-state index in [2.05, 4.69) is 15.3 Å². The van der Waals surface area contributed by atoms with Gasteiger partial charge < -0.3 is 30.2 Å². The number of carboxylic acid groups (broad SMARTS) is 3. The number of anilines is 2. The number of fused-ring (bicyclic) bond motifs is 1. The van der Waals surface area contributed by atoms with Crippen molar-refractivity contribution in [3.05, 3.63) is 54.0 Å². The van der Waals surface area contributed by atoms with Crippen molar-refractivity contribution in [3.63, 3.8) is 0 Å². The first kappa shape index (κ1) is 42.2. The number of nitrogens with one attached hydrogen (secondary N) is 1. The topological polar surface area (TPSA) is 206 Å². The average molecular weight is 793 g/mol. The fraction of sp³-hybridized carbons (Fsp3) is 0.455. The van der Waals surface area contributed by atoms with Crippen molar-refractivity contribution in [2.45, 2.75) is 56.1 Å². The van der Waals surface area contributed by atoms with Crippen LogP contribution in [0.3, 0.4) is 0 Å². The maximum absolute atomic E-state index is 14.5. The highest BCUT2D eigenvalue weighted by Crippen LogP contribution is 2.34. The number of imide groups is 1. The Bertz CT molecular complexity index is 1880. The van der Waals surface area contributed by atoms with Crippen LogP contribution in [0.4, 0.5) is 46.9 Å². The third kappa shape index (κ3) is 10.8.